The molecule has 1 amide bonds. The summed E-state index contributed by atoms with van der Waals surface area (Å²) in [6.45, 7) is 12.5. The number of aryl methyl sites for hydroxylation is 2. The molecule has 20 heavy (non-hydrogen) atoms. The predicted molar refractivity (Wildman–Crippen MR) is 81.4 cm³/mol. The van der Waals surface area contributed by atoms with Gasteiger partial charge in [0.05, 0.1) is 5.69 Å². The number of carbonyl (C=O) groups is 1. The van der Waals surface area contributed by atoms with E-state index in [2.05, 4.69) is 25.9 Å². The smallest absolute Gasteiger partial charge is 0.244 e. The van der Waals surface area contributed by atoms with Crippen LogP contribution in [0.1, 0.15) is 38.6 Å². The van der Waals surface area contributed by atoms with Crippen molar-refractivity contribution in [2.24, 2.45) is 11.1 Å². The van der Waals surface area contributed by atoms with Crippen molar-refractivity contribution in [3.05, 3.63) is 17.5 Å². The van der Waals surface area contributed by atoms with Crippen LogP contribution in [0.2, 0.25) is 0 Å². The van der Waals surface area contributed by atoms with Gasteiger partial charge in [0.15, 0.2) is 0 Å². The molecule has 0 radical (unpaired) electrons. The summed E-state index contributed by atoms with van der Waals surface area (Å²) in [5.74, 6) is 0.111. The zero-order chi connectivity index (χ0) is 15.3. The quantitative estimate of drug-likeness (QED) is 0.827. The van der Waals surface area contributed by atoms with Gasteiger partial charge in [-0.3, -0.25) is 9.48 Å². The van der Waals surface area contributed by atoms with E-state index in [9.17, 15) is 4.79 Å². The van der Waals surface area contributed by atoms with Gasteiger partial charge in [-0.1, -0.05) is 20.8 Å². The molecule has 0 aliphatic heterocycles. The number of nitrogens with zero attached hydrogens (tertiary/aromatic N) is 3. The Morgan fingerprint density at radius 1 is 1.45 bits per heavy atom. The lowest BCUT2D eigenvalue weighted by Gasteiger charge is -2.31. The first-order valence-electron chi connectivity index (χ1n) is 7.28. The molecular formula is C15H28N4O. The van der Waals surface area contributed by atoms with E-state index in [1.54, 1.807) is 4.68 Å². The number of nitrogens with two attached hydrogens (primary N) is 1. The number of hydrogen-bond donors (Lipinski definition) is 1. The van der Waals surface area contributed by atoms with Gasteiger partial charge in [-0.25, -0.2) is 0 Å². The minimum atomic E-state index is -0.0556. The van der Waals surface area contributed by atoms with Gasteiger partial charge in [0.2, 0.25) is 5.91 Å². The zero-order valence-corrected chi connectivity index (χ0v) is 13.4. The van der Waals surface area contributed by atoms with Gasteiger partial charge >= 0.3 is 0 Å². The van der Waals surface area contributed by atoms with Gasteiger partial charge in [0.25, 0.3) is 0 Å². The highest BCUT2D eigenvalue weighted by atomic mass is 16.2. The molecule has 0 aliphatic carbocycles. The Labute approximate surface area is 122 Å². The summed E-state index contributed by atoms with van der Waals surface area (Å²) in [5, 5.41) is 4.35. The molecule has 5 nitrogen and oxygen atoms in total. The summed E-state index contributed by atoms with van der Waals surface area (Å²) in [7, 11) is 0. The SMILES string of the molecule is CCCN(CC(C)(C)CN)C(=O)Cn1nc(C)cc1C. The van der Waals surface area contributed by atoms with Gasteiger partial charge in [0, 0.05) is 18.8 Å². The maximum Gasteiger partial charge on any atom is 0.244 e. The molecule has 114 valence electrons. The number of carbonyl (C=O) groups excluding carboxylic acids is 1. The van der Waals surface area contributed by atoms with Gasteiger partial charge in [-0.15, -0.1) is 0 Å². The summed E-state index contributed by atoms with van der Waals surface area (Å²) in [5.41, 5.74) is 7.68. The van der Waals surface area contributed by atoms with Crippen LogP contribution in [0, 0.1) is 19.3 Å². The Kier molecular flexibility index (Phi) is 5.74. The van der Waals surface area contributed by atoms with E-state index in [0.717, 1.165) is 24.4 Å². The van der Waals surface area contributed by atoms with Crippen molar-refractivity contribution in [1.82, 2.24) is 14.7 Å². The lowest BCUT2D eigenvalue weighted by Crippen LogP contribution is -2.43. The van der Waals surface area contributed by atoms with Gasteiger partial charge < -0.3 is 10.6 Å². The van der Waals surface area contributed by atoms with Crippen LogP contribution in [-0.4, -0.2) is 40.2 Å². The molecule has 0 atom stereocenters. The summed E-state index contributed by atoms with van der Waals surface area (Å²) in [6.07, 6.45) is 0.948. The molecule has 1 heterocycles. The summed E-state index contributed by atoms with van der Waals surface area (Å²) in [4.78, 5) is 14.4. The molecule has 0 aromatic carbocycles. The highest BCUT2D eigenvalue weighted by Gasteiger charge is 2.23. The van der Waals surface area contributed by atoms with Crippen LogP contribution in [0.25, 0.3) is 0 Å². The van der Waals surface area contributed by atoms with Crippen molar-refractivity contribution in [1.29, 1.82) is 0 Å². The minimum Gasteiger partial charge on any atom is -0.341 e. The van der Waals surface area contributed by atoms with E-state index in [-0.39, 0.29) is 11.3 Å². The van der Waals surface area contributed by atoms with Crippen LogP contribution in [-0.2, 0) is 11.3 Å². The van der Waals surface area contributed by atoms with Gasteiger partial charge in [0.1, 0.15) is 6.54 Å². The van der Waals surface area contributed by atoms with Crippen molar-refractivity contribution in [3.63, 3.8) is 0 Å². The topological polar surface area (TPSA) is 64.2 Å². The average Bonchev–Trinajstić information content (AvgIpc) is 2.67. The Morgan fingerprint density at radius 3 is 2.55 bits per heavy atom. The second kappa shape index (κ2) is 6.88. The van der Waals surface area contributed by atoms with E-state index in [0.29, 0.717) is 19.6 Å². The van der Waals surface area contributed by atoms with Crippen LogP contribution in [0.4, 0.5) is 0 Å². The van der Waals surface area contributed by atoms with Crippen LogP contribution in [0.15, 0.2) is 6.07 Å². The third-order valence-corrected chi connectivity index (χ3v) is 3.41. The lowest BCUT2D eigenvalue weighted by atomic mass is 9.93. The van der Waals surface area contributed by atoms with E-state index >= 15 is 0 Å². The largest absolute Gasteiger partial charge is 0.341 e. The Bertz CT molecular complexity index is 451. The van der Waals surface area contributed by atoms with Crippen molar-refractivity contribution in [2.75, 3.05) is 19.6 Å². The third kappa shape index (κ3) is 4.63. The van der Waals surface area contributed by atoms with Crippen LogP contribution >= 0.6 is 0 Å². The number of rotatable bonds is 7. The van der Waals surface area contributed by atoms with Crippen molar-refractivity contribution < 1.29 is 4.79 Å². The molecule has 2 N–H and O–H groups in total. The van der Waals surface area contributed by atoms with Gasteiger partial charge in [-0.05, 0) is 38.3 Å². The second-order valence-corrected chi connectivity index (χ2v) is 6.27. The first-order chi connectivity index (χ1) is 9.29. The molecule has 0 bridgehead atoms. The van der Waals surface area contributed by atoms with E-state index < -0.39 is 0 Å². The minimum absolute atomic E-state index is 0.0556. The van der Waals surface area contributed by atoms with Crippen LogP contribution in [0.3, 0.4) is 0 Å². The molecule has 1 aromatic heterocycles. The van der Waals surface area contributed by atoms with Crippen molar-refractivity contribution in [2.45, 2.75) is 47.6 Å². The normalized spacial score (nSPS) is 11.7. The average molecular weight is 280 g/mol. The molecule has 0 saturated heterocycles. The predicted octanol–water partition coefficient (Wildman–Crippen LogP) is 1.72. The van der Waals surface area contributed by atoms with Gasteiger partial charge in [-0.2, -0.15) is 5.10 Å². The lowest BCUT2D eigenvalue weighted by molar-refractivity contribution is -0.133. The molecular weight excluding hydrogens is 252 g/mol. The Hall–Kier alpha value is -1.36. The molecule has 0 fully saturated rings. The summed E-state index contributed by atoms with van der Waals surface area (Å²) in [6, 6.07) is 1.99. The zero-order valence-electron chi connectivity index (χ0n) is 13.4. The molecule has 1 rings (SSSR count). The van der Waals surface area contributed by atoms with Crippen molar-refractivity contribution in [3.8, 4) is 0 Å². The second-order valence-electron chi connectivity index (χ2n) is 6.27. The molecule has 0 spiro atoms. The molecule has 0 unspecified atom stereocenters. The first-order valence-corrected chi connectivity index (χ1v) is 7.28. The number of hydrogen-bond acceptors (Lipinski definition) is 3. The van der Waals surface area contributed by atoms with E-state index in [1.807, 2.05) is 24.8 Å². The summed E-state index contributed by atoms with van der Waals surface area (Å²) < 4.78 is 1.77. The van der Waals surface area contributed by atoms with E-state index in [1.165, 1.54) is 0 Å². The molecule has 5 heteroatoms. The molecule has 1 aromatic rings. The molecule has 0 saturated carbocycles. The van der Waals surface area contributed by atoms with Crippen LogP contribution in [0.5, 0.6) is 0 Å². The highest BCUT2D eigenvalue weighted by Crippen LogP contribution is 2.16. The fourth-order valence-electron chi connectivity index (χ4n) is 2.21. The Balaban J connectivity index is 2.76. The summed E-state index contributed by atoms with van der Waals surface area (Å²) >= 11 is 0. The fourth-order valence-corrected chi connectivity index (χ4v) is 2.21. The monoisotopic (exact) mass is 280 g/mol. The number of aromatic nitrogens is 2. The standard InChI is InChI=1S/C15H28N4O/c1-6-7-18(11-15(4,5)10-16)14(20)9-19-13(3)8-12(2)17-19/h8H,6-7,9-11,16H2,1-5H3. The first kappa shape index (κ1) is 16.7. The van der Waals surface area contributed by atoms with E-state index in [4.69, 9.17) is 5.73 Å². The molecule has 0 aliphatic rings. The number of amides is 1. The maximum absolute atomic E-state index is 12.5. The van der Waals surface area contributed by atoms with Crippen molar-refractivity contribution >= 4 is 5.91 Å². The highest BCUT2D eigenvalue weighted by molar-refractivity contribution is 5.76. The maximum atomic E-state index is 12.5. The Morgan fingerprint density at radius 2 is 2.10 bits per heavy atom. The fraction of sp³-hybridized carbons (Fsp3) is 0.733. The third-order valence-electron chi connectivity index (χ3n) is 3.41. The van der Waals surface area contributed by atoms with Crippen LogP contribution < -0.4 is 5.73 Å².